The molecule has 2 N–H and O–H groups in total. The van der Waals surface area contributed by atoms with Crippen LogP contribution in [-0.4, -0.2) is 37.4 Å². The maximum Gasteiger partial charge on any atom is 0.254 e. The van der Waals surface area contributed by atoms with Crippen LogP contribution >= 0.6 is 0 Å². The smallest absolute Gasteiger partial charge is 0.254 e. The summed E-state index contributed by atoms with van der Waals surface area (Å²) in [6.07, 6.45) is 1.08. The fourth-order valence-corrected chi connectivity index (χ4v) is 3.29. The first-order valence-electron chi connectivity index (χ1n) is 9.69. The van der Waals surface area contributed by atoms with Crippen molar-refractivity contribution in [3.8, 4) is 0 Å². The molecule has 3 rings (SSSR count). The molecule has 2 aromatic rings. The SMILES string of the molecule is CCc1ccc(N2CC(C(=O)NCCNC(=O)c3ccccc3F)CC2=O)cc1. The molecule has 1 heterocycles. The second kappa shape index (κ2) is 9.32. The Bertz CT molecular complexity index is 898. The maximum absolute atomic E-state index is 13.6. The van der Waals surface area contributed by atoms with Gasteiger partial charge in [-0.2, -0.15) is 0 Å². The van der Waals surface area contributed by atoms with E-state index in [9.17, 15) is 18.8 Å². The van der Waals surface area contributed by atoms with E-state index in [0.717, 1.165) is 12.1 Å². The third kappa shape index (κ3) is 4.99. The summed E-state index contributed by atoms with van der Waals surface area (Å²) in [7, 11) is 0. The van der Waals surface area contributed by atoms with Crippen molar-refractivity contribution in [2.75, 3.05) is 24.5 Å². The standard InChI is InChI=1S/C22H24FN3O3/c1-2-15-7-9-17(10-8-15)26-14-16(13-20(26)27)21(28)24-11-12-25-22(29)18-5-3-4-6-19(18)23/h3-10,16H,2,11-14H2,1H3,(H,24,28)(H,25,29). The highest BCUT2D eigenvalue weighted by Crippen LogP contribution is 2.25. The zero-order valence-electron chi connectivity index (χ0n) is 16.3. The quantitative estimate of drug-likeness (QED) is 0.704. The molecule has 6 nitrogen and oxygen atoms in total. The minimum atomic E-state index is -0.592. The van der Waals surface area contributed by atoms with Gasteiger partial charge in [0.25, 0.3) is 5.91 Å². The minimum absolute atomic E-state index is 0.0371. The summed E-state index contributed by atoms with van der Waals surface area (Å²) >= 11 is 0. The van der Waals surface area contributed by atoms with Gasteiger partial charge < -0.3 is 15.5 Å². The second-order valence-electron chi connectivity index (χ2n) is 6.95. The van der Waals surface area contributed by atoms with Gasteiger partial charge in [0.15, 0.2) is 0 Å². The van der Waals surface area contributed by atoms with Crippen molar-refractivity contribution < 1.29 is 18.8 Å². The monoisotopic (exact) mass is 397 g/mol. The predicted molar refractivity (Wildman–Crippen MR) is 108 cm³/mol. The summed E-state index contributed by atoms with van der Waals surface area (Å²) in [6.45, 7) is 2.77. The fraction of sp³-hybridized carbons (Fsp3) is 0.318. The Labute approximate surface area is 169 Å². The molecule has 1 unspecified atom stereocenters. The number of hydrogen-bond acceptors (Lipinski definition) is 3. The van der Waals surface area contributed by atoms with E-state index >= 15 is 0 Å². The zero-order valence-corrected chi connectivity index (χ0v) is 16.3. The lowest BCUT2D eigenvalue weighted by molar-refractivity contribution is -0.126. The van der Waals surface area contributed by atoms with Crippen LogP contribution in [0.1, 0.15) is 29.3 Å². The lowest BCUT2D eigenvalue weighted by atomic mass is 10.1. The van der Waals surface area contributed by atoms with Crippen molar-refractivity contribution in [1.82, 2.24) is 10.6 Å². The summed E-state index contributed by atoms with van der Waals surface area (Å²) in [5, 5.41) is 5.30. The van der Waals surface area contributed by atoms with Gasteiger partial charge in [-0.1, -0.05) is 31.2 Å². The van der Waals surface area contributed by atoms with Gasteiger partial charge in [-0.3, -0.25) is 14.4 Å². The molecule has 0 saturated carbocycles. The third-order valence-electron chi connectivity index (χ3n) is 4.98. The third-order valence-corrected chi connectivity index (χ3v) is 4.98. The van der Waals surface area contributed by atoms with E-state index in [1.54, 1.807) is 11.0 Å². The molecule has 152 valence electrons. The molecule has 1 atom stereocenters. The largest absolute Gasteiger partial charge is 0.354 e. The summed E-state index contributed by atoms with van der Waals surface area (Å²) in [5.74, 6) is -1.87. The van der Waals surface area contributed by atoms with Crippen LogP contribution in [0.5, 0.6) is 0 Å². The van der Waals surface area contributed by atoms with Gasteiger partial charge in [0.1, 0.15) is 5.82 Å². The van der Waals surface area contributed by atoms with Crippen LogP contribution in [0.25, 0.3) is 0 Å². The molecule has 0 bridgehead atoms. The average Bonchev–Trinajstić information content (AvgIpc) is 3.13. The number of nitrogens with zero attached hydrogens (tertiary/aromatic N) is 1. The first-order chi connectivity index (χ1) is 14.0. The van der Waals surface area contributed by atoms with Crippen LogP contribution in [0.15, 0.2) is 48.5 Å². The summed E-state index contributed by atoms with van der Waals surface area (Å²) in [5.41, 5.74) is 1.94. The van der Waals surface area contributed by atoms with Gasteiger partial charge in [-0.05, 0) is 36.2 Å². The first kappa shape index (κ1) is 20.5. The Kier molecular flexibility index (Phi) is 6.59. The molecule has 2 aromatic carbocycles. The number of hydrogen-bond donors (Lipinski definition) is 2. The molecule has 0 radical (unpaired) electrons. The predicted octanol–water partition coefficient (Wildman–Crippen LogP) is 2.29. The van der Waals surface area contributed by atoms with Crippen LogP contribution in [-0.2, 0) is 16.0 Å². The Hall–Kier alpha value is -3.22. The van der Waals surface area contributed by atoms with Gasteiger partial charge in [-0.25, -0.2) is 4.39 Å². The minimum Gasteiger partial charge on any atom is -0.354 e. The highest BCUT2D eigenvalue weighted by molar-refractivity contribution is 6.00. The van der Waals surface area contributed by atoms with Gasteiger partial charge in [0.2, 0.25) is 11.8 Å². The van der Waals surface area contributed by atoms with Crippen LogP contribution in [0.2, 0.25) is 0 Å². The van der Waals surface area contributed by atoms with Crippen molar-refractivity contribution in [3.05, 3.63) is 65.5 Å². The Morgan fingerprint density at radius 3 is 2.45 bits per heavy atom. The van der Waals surface area contributed by atoms with E-state index in [4.69, 9.17) is 0 Å². The van der Waals surface area contributed by atoms with E-state index in [2.05, 4.69) is 17.6 Å². The van der Waals surface area contributed by atoms with Crippen LogP contribution in [0, 0.1) is 11.7 Å². The summed E-state index contributed by atoms with van der Waals surface area (Å²) < 4.78 is 13.6. The van der Waals surface area contributed by atoms with Crippen molar-refractivity contribution in [1.29, 1.82) is 0 Å². The van der Waals surface area contributed by atoms with Crippen molar-refractivity contribution in [2.24, 2.45) is 5.92 Å². The average molecular weight is 397 g/mol. The van der Waals surface area contributed by atoms with Gasteiger partial charge in [0.05, 0.1) is 11.5 Å². The molecule has 29 heavy (non-hydrogen) atoms. The van der Waals surface area contributed by atoms with E-state index in [0.29, 0.717) is 6.54 Å². The normalized spacial score (nSPS) is 16.0. The number of rotatable bonds is 7. The van der Waals surface area contributed by atoms with Crippen LogP contribution in [0.3, 0.4) is 0 Å². The van der Waals surface area contributed by atoms with Crippen LogP contribution in [0.4, 0.5) is 10.1 Å². The Morgan fingerprint density at radius 1 is 1.07 bits per heavy atom. The van der Waals surface area contributed by atoms with E-state index in [-0.39, 0.29) is 36.9 Å². The second-order valence-corrected chi connectivity index (χ2v) is 6.95. The molecule has 1 aliphatic heterocycles. The lowest BCUT2D eigenvalue weighted by Gasteiger charge is -2.17. The van der Waals surface area contributed by atoms with E-state index in [1.807, 2.05) is 24.3 Å². The lowest BCUT2D eigenvalue weighted by Crippen LogP contribution is -2.38. The highest BCUT2D eigenvalue weighted by Gasteiger charge is 2.34. The molecule has 3 amide bonds. The molecular weight excluding hydrogens is 373 g/mol. The van der Waals surface area contributed by atoms with Crippen molar-refractivity contribution in [2.45, 2.75) is 19.8 Å². The molecule has 7 heteroatoms. The van der Waals surface area contributed by atoms with E-state index in [1.165, 1.54) is 23.8 Å². The first-order valence-corrected chi connectivity index (χ1v) is 9.69. The van der Waals surface area contributed by atoms with E-state index < -0.39 is 17.6 Å². The molecule has 0 aliphatic carbocycles. The topological polar surface area (TPSA) is 78.5 Å². The number of halogens is 1. The number of aryl methyl sites for hydroxylation is 1. The van der Waals surface area contributed by atoms with Crippen LogP contribution < -0.4 is 15.5 Å². The number of amides is 3. The molecular formula is C22H24FN3O3. The fourth-order valence-electron chi connectivity index (χ4n) is 3.29. The zero-order chi connectivity index (χ0) is 20.8. The Balaban J connectivity index is 1.45. The Morgan fingerprint density at radius 2 is 1.76 bits per heavy atom. The van der Waals surface area contributed by atoms with Crippen molar-refractivity contribution >= 4 is 23.4 Å². The number of benzene rings is 2. The molecule has 0 aromatic heterocycles. The maximum atomic E-state index is 13.6. The molecule has 1 aliphatic rings. The number of anilines is 1. The van der Waals surface area contributed by atoms with Gasteiger partial charge in [-0.15, -0.1) is 0 Å². The van der Waals surface area contributed by atoms with Gasteiger partial charge in [0, 0.05) is 31.7 Å². The summed E-state index contributed by atoms with van der Waals surface area (Å²) in [6, 6.07) is 13.5. The molecule has 1 saturated heterocycles. The highest BCUT2D eigenvalue weighted by atomic mass is 19.1. The number of carbonyl (C=O) groups is 3. The number of nitrogens with one attached hydrogen (secondary N) is 2. The van der Waals surface area contributed by atoms with Crippen molar-refractivity contribution in [3.63, 3.8) is 0 Å². The van der Waals surface area contributed by atoms with Gasteiger partial charge >= 0.3 is 0 Å². The summed E-state index contributed by atoms with van der Waals surface area (Å²) in [4.78, 5) is 38.2. The number of carbonyl (C=O) groups excluding carboxylic acids is 3. The molecule has 0 spiro atoms. The molecule has 1 fully saturated rings.